The molecule has 1 aromatic carbocycles. The summed E-state index contributed by atoms with van der Waals surface area (Å²) < 4.78 is 18.6. The van der Waals surface area contributed by atoms with Crippen LogP contribution in [-0.4, -0.2) is 22.7 Å². The highest BCUT2D eigenvalue weighted by atomic mass is 32.1. The minimum atomic E-state index is -0.314. The van der Waals surface area contributed by atoms with Crippen LogP contribution in [0.4, 0.5) is 9.52 Å². The molecule has 1 amide bonds. The number of thiophene rings is 1. The first kappa shape index (κ1) is 19.7. The van der Waals surface area contributed by atoms with Gasteiger partial charge < -0.3 is 4.74 Å². The van der Waals surface area contributed by atoms with Gasteiger partial charge in [-0.2, -0.15) is 0 Å². The molecule has 8 heteroatoms. The number of benzene rings is 1. The molecule has 3 aromatic rings. The van der Waals surface area contributed by atoms with Gasteiger partial charge in [-0.1, -0.05) is 11.3 Å². The van der Waals surface area contributed by atoms with Crippen LogP contribution in [0.15, 0.2) is 35.7 Å². The lowest BCUT2D eigenvalue weighted by Crippen LogP contribution is -2.32. The molecular formula is C21H19FN2O3S2. The Morgan fingerprint density at radius 1 is 1.28 bits per heavy atom. The van der Waals surface area contributed by atoms with E-state index in [9.17, 15) is 14.0 Å². The summed E-state index contributed by atoms with van der Waals surface area (Å²) in [4.78, 5) is 32.4. The van der Waals surface area contributed by atoms with Crippen LogP contribution in [0.1, 0.15) is 50.4 Å². The van der Waals surface area contributed by atoms with Crippen LogP contribution in [0.25, 0.3) is 0 Å². The number of ether oxygens (including phenoxy) is 1. The van der Waals surface area contributed by atoms with Crippen molar-refractivity contribution in [2.24, 2.45) is 0 Å². The van der Waals surface area contributed by atoms with Crippen molar-refractivity contribution in [3.05, 3.63) is 62.5 Å². The van der Waals surface area contributed by atoms with Gasteiger partial charge in [0.05, 0.1) is 15.4 Å². The number of carbonyl (C=O) groups is 2. The minimum Gasteiger partial charge on any atom is -0.489 e. The molecule has 0 aliphatic heterocycles. The van der Waals surface area contributed by atoms with E-state index in [0.29, 0.717) is 32.9 Å². The smallest absolute Gasteiger partial charge is 0.270 e. The predicted octanol–water partition coefficient (Wildman–Crippen LogP) is 5.24. The Kier molecular flexibility index (Phi) is 5.47. The van der Waals surface area contributed by atoms with Crippen molar-refractivity contribution in [3.63, 3.8) is 0 Å². The second kappa shape index (κ2) is 8.04. The van der Waals surface area contributed by atoms with Crippen molar-refractivity contribution in [2.45, 2.75) is 39.3 Å². The first-order chi connectivity index (χ1) is 13.9. The number of nitrogens with zero attached hydrogens (tertiary/aromatic N) is 2. The van der Waals surface area contributed by atoms with Crippen molar-refractivity contribution >= 4 is 39.5 Å². The maximum atomic E-state index is 13.2. The van der Waals surface area contributed by atoms with Crippen molar-refractivity contribution in [1.29, 1.82) is 0 Å². The Labute approximate surface area is 175 Å². The molecule has 0 unspecified atom stereocenters. The summed E-state index contributed by atoms with van der Waals surface area (Å²) in [5.74, 6) is 0.117. The summed E-state index contributed by atoms with van der Waals surface area (Å²) in [6.07, 6.45) is 1.87. The van der Waals surface area contributed by atoms with E-state index in [2.05, 4.69) is 4.98 Å². The average molecular weight is 431 g/mol. The lowest BCUT2D eigenvalue weighted by molar-refractivity contribution is 0.0986. The number of amides is 1. The molecule has 29 heavy (non-hydrogen) atoms. The molecule has 0 saturated heterocycles. The summed E-state index contributed by atoms with van der Waals surface area (Å²) in [5, 5.41) is 2.47. The van der Waals surface area contributed by atoms with E-state index < -0.39 is 0 Å². The molecule has 0 N–H and O–H groups in total. The van der Waals surface area contributed by atoms with E-state index in [0.717, 1.165) is 18.4 Å². The molecule has 4 rings (SSSR count). The molecule has 1 aliphatic carbocycles. The van der Waals surface area contributed by atoms with E-state index in [1.807, 2.05) is 11.4 Å². The monoisotopic (exact) mass is 430 g/mol. The maximum Gasteiger partial charge on any atom is 0.270 e. The second-order valence-corrected chi connectivity index (χ2v) is 8.82. The van der Waals surface area contributed by atoms with E-state index in [1.165, 1.54) is 41.7 Å². The zero-order valence-electron chi connectivity index (χ0n) is 16.0. The van der Waals surface area contributed by atoms with Gasteiger partial charge in [-0.15, -0.1) is 11.3 Å². The van der Waals surface area contributed by atoms with Crippen LogP contribution in [0, 0.1) is 12.7 Å². The van der Waals surface area contributed by atoms with Gasteiger partial charge in [0, 0.05) is 18.5 Å². The maximum absolute atomic E-state index is 13.2. The molecule has 2 aromatic heterocycles. The molecule has 0 bridgehead atoms. The molecule has 1 saturated carbocycles. The Morgan fingerprint density at radius 2 is 2.00 bits per heavy atom. The van der Waals surface area contributed by atoms with Gasteiger partial charge in [0.15, 0.2) is 10.9 Å². The highest BCUT2D eigenvalue weighted by Crippen LogP contribution is 2.37. The fourth-order valence-electron chi connectivity index (χ4n) is 2.93. The largest absolute Gasteiger partial charge is 0.489 e. The zero-order chi connectivity index (χ0) is 20.5. The van der Waals surface area contributed by atoms with Gasteiger partial charge in [0.25, 0.3) is 5.91 Å². The average Bonchev–Trinajstić information content (AvgIpc) is 3.26. The Morgan fingerprint density at radius 3 is 2.62 bits per heavy atom. The fraction of sp³-hybridized carbons (Fsp3) is 0.286. The lowest BCUT2D eigenvalue weighted by atomic mass is 10.3. The third kappa shape index (κ3) is 4.38. The SMILES string of the molecule is CC(=O)c1sc(N(C(=O)c2cc(COc3ccc(F)cc3)cs2)C2CC2)nc1C. The fourth-order valence-corrected chi connectivity index (χ4v) is 4.80. The Balaban J connectivity index is 1.50. The number of aryl methyl sites for hydroxylation is 1. The number of anilines is 1. The van der Waals surface area contributed by atoms with Crippen molar-refractivity contribution in [1.82, 2.24) is 4.98 Å². The molecule has 0 spiro atoms. The van der Waals surface area contributed by atoms with Gasteiger partial charge in [-0.05, 0) is 55.5 Å². The van der Waals surface area contributed by atoms with Gasteiger partial charge in [-0.25, -0.2) is 9.37 Å². The molecule has 1 aliphatic rings. The van der Waals surface area contributed by atoms with Crippen LogP contribution in [0.5, 0.6) is 5.75 Å². The number of aromatic nitrogens is 1. The number of ketones is 1. The molecule has 0 atom stereocenters. The minimum absolute atomic E-state index is 0.0363. The highest BCUT2D eigenvalue weighted by Gasteiger charge is 2.37. The summed E-state index contributed by atoms with van der Waals surface area (Å²) in [5.41, 5.74) is 1.54. The third-order valence-electron chi connectivity index (χ3n) is 4.53. The molecule has 2 heterocycles. The van der Waals surface area contributed by atoms with Gasteiger partial charge in [-0.3, -0.25) is 14.5 Å². The number of Topliss-reactive ketones (excluding diaryl/α,β-unsaturated/α-hetero) is 1. The highest BCUT2D eigenvalue weighted by molar-refractivity contribution is 7.18. The number of halogens is 1. The number of hydrogen-bond donors (Lipinski definition) is 0. The van der Waals surface area contributed by atoms with Gasteiger partial charge in [0.2, 0.25) is 0 Å². The summed E-state index contributed by atoms with van der Waals surface area (Å²) in [6.45, 7) is 3.60. The Bertz CT molecular complexity index is 1050. The van der Waals surface area contributed by atoms with E-state index >= 15 is 0 Å². The van der Waals surface area contributed by atoms with Crippen LogP contribution >= 0.6 is 22.7 Å². The summed E-state index contributed by atoms with van der Waals surface area (Å²) in [6, 6.07) is 7.78. The molecule has 150 valence electrons. The van der Waals surface area contributed by atoms with Crippen LogP contribution in [0.2, 0.25) is 0 Å². The van der Waals surface area contributed by atoms with Gasteiger partial charge in [0.1, 0.15) is 18.2 Å². The molecule has 0 radical (unpaired) electrons. The van der Waals surface area contributed by atoms with Gasteiger partial charge >= 0.3 is 0 Å². The van der Waals surface area contributed by atoms with E-state index in [4.69, 9.17) is 4.74 Å². The van der Waals surface area contributed by atoms with Crippen molar-refractivity contribution < 1.29 is 18.7 Å². The second-order valence-electron chi connectivity index (χ2n) is 6.94. The number of hydrogen-bond acceptors (Lipinski definition) is 6. The first-order valence-corrected chi connectivity index (χ1v) is 10.9. The third-order valence-corrected chi connectivity index (χ3v) is 6.75. The topological polar surface area (TPSA) is 59.5 Å². The quantitative estimate of drug-likeness (QED) is 0.481. The van der Waals surface area contributed by atoms with Crippen LogP contribution in [-0.2, 0) is 6.61 Å². The summed E-state index contributed by atoms with van der Waals surface area (Å²) >= 11 is 2.64. The van der Waals surface area contributed by atoms with Crippen LogP contribution < -0.4 is 9.64 Å². The lowest BCUT2D eigenvalue weighted by Gasteiger charge is -2.18. The van der Waals surface area contributed by atoms with Crippen molar-refractivity contribution in [3.8, 4) is 5.75 Å². The normalized spacial score (nSPS) is 13.3. The molecular weight excluding hydrogens is 411 g/mol. The van der Waals surface area contributed by atoms with E-state index in [1.54, 1.807) is 24.0 Å². The molecule has 1 fully saturated rings. The van der Waals surface area contributed by atoms with Crippen LogP contribution in [0.3, 0.4) is 0 Å². The Hall–Kier alpha value is -2.58. The predicted molar refractivity (Wildman–Crippen MR) is 112 cm³/mol. The standard InChI is InChI=1S/C21H19FN2O3S2/c1-12-19(13(2)25)29-21(23-12)24(16-5-6-16)20(26)18-9-14(11-28-18)10-27-17-7-3-15(22)4-8-17/h3-4,7-9,11,16H,5-6,10H2,1-2H3. The van der Waals surface area contributed by atoms with Crippen molar-refractivity contribution in [2.75, 3.05) is 4.90 Å². The zero-order valence-corrected chi connectivity index (χ0v) is 17.6. The molecule has 5 nitrogen and oxygen atoms in total. The number of thiazole rings is 1. The first-order valence-electron chi connectivity index (χ1n) is 9.20. The van der Waals surface area contributed by atoms with E-state index in [-0.39, 0.29) is 23.5 Å². The summed E-state index contributed by atoms with van der Waals surface area (Å²) in [7, 11) is 0. The number of rotatable bonds is 7. The number of carbonyl (C=O) groups excluding carboxylic acids is 2.